The molecule has 0 radical (unpaired) electrons. The van der Waals surface area contributed by atoms with E-state index in [9.17, 15) is 14.4 Å². The molecular weight excluding hydrogens is 405 g/mol. The summed E-state index contributed by atoms with van der Waals surface area (Å²) in [5.41, 5.74) is 3.99. The molecule has 8 nitrogen and oxygen atoms in total. The van der Waals surface area contributed by atoms with Gasteiger partial charge in [0, 0.05) is 12.6 Å². The summed E-state index contributed by atoms with van der Waals surface area (Å²) in [5.74, 6) is -0.679. The summed E-state index contributed by atoms with van der Waals surface area (Å²) in [6, 6.07) is 11.0. The number of carbonyl (C=O) groups excluding carboxylic acids is 3. The van der Waals surface area contributed by atoms with Crippen LogP contribution in [0.4, 0.5) is 16.2 Å². The van der Waals surface area contributed by atoms with E-state index < -0.39 is 11.9 Å². The monoisotopic (exact) mass is 421 g/mol. The van der Waals surface area contributed by atoms with E-state index >= 15 is 0 Å². The molecule has 0 aromatic heterocycles. The molecule has 10 heteroatoms. The van der Waals surface area contributed by atoms with Crippen LogP contribution >= 0.6 is 23.2 Å². The van der Waals surface area contributed by atoms with E-state index in [0.29, 0.717) is 16.4 Å². The first-order chi connectivity index (χ1) is 13.3. The number of halogens is 2. The lowest BCUT2D eigenvalue weighted by Crippen LogP contribution is -2.37. The van der Waals surface area contributed by atoms with Crippen LogP contribution in [0.2, 0.25) is 10.0 Å². The van der Waals surface area contributed by atoms with Crippen molar-refractivity contribution in [2.45, 2.75) is 6.92 Å². The summed E-state index contributed by atoms with van der Waals surface area (Å²) in [6.07, 6.45) is 1.43. The van der Waals surface area contributed by atoms with Crippen LogP contribution in [0.1, 0.15) is 12.5 Å². The largest absolute Gasteiger partial charge is 0.329 e. The second-order valence-corrected chi connectivity index (χ2v) is 6.29. The highest BCUT2D eigenvalue weighted by Crippen LogP contribution is 2.29. The van der Waals surface area contributed by atoms with E-state index in [4.69, 9.17) is 23.2 Å². The maximum atomic E-state index is 11.8. The van der Waals surface area contributed by atoms with E-state index in [-0.39, 0.29) is 17.5 Å². The molecule has 0 spiro atoms. The summed E-state index contributed by atoms with van der Waals surface area (Å²) >= 11 is 11.8. The van der Waals surface area contributed by atoms with E-state index in [1.165, 1.54) is 13.1 Å². The molecule has 0 atom stereocenters. The van der Waals surface area contributed by atoms with Crippen LogP contribution < -0.4 is 21.4 Å². The summed E-state index contributed by atoms with van der Waals surface area (Å²) in [6.45, 7) is 1.13. The first-order valence-electron chi connectivity index (χ1n) is 8.03. The van der Waals surface area contributed by atoms with Crippen molar-refractivity contribution in [3.8, 4) is 0 Å². The van der Waals surface area contributed by atoms with Crippen LogP contribution in [-0.4, -0.2) is 30.6 Å². The average Bonchev–Trinajstić information content (AvgIpc) is 2.65. The zero-order valence-electron chi connectivity index (χ0n) is 14.8. The molecule has 146 valence electrons. The zero-order valence-corrected chi connectivity index (χ0v) is 16.3. The molecule has 0 heterocycles. The Morgan fingerprint density at radius 2 is 1.75 bits per heavy atom. The minimum Gasteiger partial charge on any atom is -0.329 e. The molecule has 2 aromatic carbocycles. The second kappa shape index (κ2) is 10.3. The van der Waals surface area contributed by atoms with Crippen molar-refractivity contribution >= 4 is 58.6 Å². The highest BCUT2D eigenvalue weighted by molar-refractivity contribution is 6.43. The van der Waals surface area contributed by atoms with Crippen molar-refractivity contribution in [1.29, 1.82) is 0 Å². The predicted octanol–water partition coefficient (Wildman–Crippen LogP) is 3.22. The fourth-order valence-corrected chi connectivity index (χ4v) is 2.35. The van der Waals surface area contributed by atoms with Gasteiger partial charge in [0.25, 0.3) is 5.91 Å². The van der Waals surface area contributed by atoms with E-state index in [1.54, 1.807) is 42.5 Å². The fourth-order valence-electron chi connectivity index (χ4n) is 2.00. The lowest BCUT2D eigenvalue weighted by Gasteiger charge is -2.09. The highest BCUT2D eigenvalue weighted by Gasteiger charge is 2.09. The smallest absolute Gasteiger partial charge is 0.319 e. The maximum absolute atomic E-state index is 11.8. The van der Waals surface area contributed by atoms with Crippen molar-refractivity contribution in [1.82, 2.24) is 10.7 Å². The van der Waals surface area contributed by atoms with Crippen molar-refractivity contribution in [2.75, 3.05) is 17.2 Å². The maximum Gasteiger partial charge on any atom is 0.319 e. The Balaban J connectivity index is 1.76. The topological polar surface area (TPSA) is 112 Å². The summed E-state index contributed by atoms with van der Waals surface area (Å²) in [5, 5.41) is 11.8. The van der Waals surface area contributed by atoms with Gasteiger partial charge in [0.1, 0.15) is 6.54 Å². The third-order valence-corrected chi connectivity index (χ3v) is 4.06. The fraction of sp³-hybridized carbons (Fsp3) is 0.111. The predicted molar refractivity (Wildman–Crippen MR) is 110 cm³/mol. The minimum absolute atomic E-state index is 0.164. The van der Waals surface area contributed by atoms with Crippen LogP contribution in [0.25, 0.3) is 0 Å². The number of benzene rings is 2. The van der Waals surface area contributed by atoms with Gasteiger partial charge in [-0.1, -0.05) is 41.4 Å². The Morgan fingerprint density at radius 3 is 2.43 bits per heavy atom. The molecular formula is C18H17Cl2N5O3. The molecule has 0 bridgehead atoms. The van der Waals surface area contributed by atoms with Crippen LogP contribution in [0, 0.1) is 0 Å². The Labute approximate surface area is 171 Å². The highest BCUT2D eigenvalue weighted by atomic mass is 35.5. The Morgan fingerprint density at radius 1 is 1.04 bits per heavy atom. The van der Waals surface area contributed by atoms with Gasteiger partial charge in [-0.3, -0.25) is 9.59 Å². The molecule has 0 unspecified atom stereocenters. The number of nitrogens with zero attached hydrogens (tertiary/aromatic N) is 1. The quantitative estimate of drug-likeness (QED) is 0.424. The van der Waals surface area contributed by atoms with Gasteiger partial charge in [-0.2, -0.15) is 5.10 Å². The molecule has 0 aliphatic heterocycles. The first-order valence-corrected chi connectivity index (χ1v) is 8.79. The van der Waals surface area contributed by atoms with Crippen LogP contribution in [-0.2, 0) is 9.59 Å². The van der Waals surface area contributed by atoms with Crippen LogP contribution in [0.3, 0.4) is 0 Å². The van der Waals surface area contributed by atoms with E-state index in [0.717, 1.165) is 5.56 Å². The van der Waals surface area contributed by atoms with Crippen molar-refractivity contribution in [3.63, 3.8) is 0 Å². The summed E-state index contributed by atoms with van der Waals surface area (Å²) in [7, 11) is 0. The number of nitrogens with one attached hydrogen (secondary N) is 4. The normalized spacial score (nSPS) is 10.4. The molecule has 4 N–H and O–H groups in total. The van der Waals surface area contributed by atoms with Crippen molar-refractivity contribution < 1.29 is 14.4 Å². The lowest BCUT2D eigenvalue weighted by atomic mass is 10.2. The van der Waals surface area contributed by atoms with Gasteiger partial charge in [0.15, 0.2) is 0 Å². The van der Waals surface area contributed by atoms with Gasteiger partial charge >= 0.3 is 6.03 Å². The number of amides is 4. The zero-order chi connectivity index (χ0) is 20.5. The van der Waals surface area contributed by atoms with Gasteiger partial charge in [0.2, 0.25) is 5.91 Å². The molecule has 0 fully saturated rings. The Hall–Kier alpha value is -3.10. The van der Waals surface area contributed by atoms with E-state index in [2.05, 4.69) is 26.5 Å². The third kappa shape index (κ3) is 6.90. The SMILES string of the molecule is CC(=O)Nc1ccc(C=NNC(=O)CNC(=O)Nc2cccc(Cl)c2Cl)cc1. The number of urea groups is 1. The van der Waals surface area contributed by atoms with Crippen molar-refractivity contribution in [3.05, 3.63) is 58.1 Å². The number of hydrazone groups is 1. The molecule has 0 aliphatic rings. The summed E-state index contributed by atoms with van der Waals surface area (Å²) in [4.78, 5) is 34.5. The van der Waals surface area contributed by atoms with Gasteiger partial charge < -0.3 is 16.0 Å². The van der Waals surface area contributed by atoms with Gasteiger partial charge in [0.05, 0.1) is 21.9 Å². The molecule has 2 aromatic rings. The van der Waals surface area contributed by atoms with E-state index in [1.807, 2.05) is 0 Å². The van der Waals surface area contributed by atoms with Crippen molar-refractivity contribution in [2.24, 2.45) is 5.10 Å². The molecule has 0 saturated carbocycles. The molecule has 2 rings (SSSR count). The van der Waals surface area contributed by atoms with Crippen LogP contribution in [0.15, 0.2) is 47.6 Å². The molecule has 0 saturated heterocycles. The number of anilines is 2. The number of hydrogen-bond acceptors (Lipinski definition) is 4. The summed E-state index contributed by atoms with van der Waals surface area (Å²) < 4.78 is 0. The van der Waals surface area contributed by atoms with Gasteiger partial charge in [-0.05, 0) is 29.8 Å². The van der Waals surface area contributed by atoms with Gasteiger partial charge in [-0.15, -0.1) is 0 Å². The average molecular weight is 422 g/mol. The Kier molecular flexibility index (Phi) is 7.79. The molecule has 28 heavy (non-hydrogen) atoms. The number of carbonyl (C=O) groups is 3. The number of rotatable bonds is 6. The first kappa shape index (κ1) is 21.2. The standard InChI is InChI=1S/C18H17Cl2N5O3/c1-11(26)23-13-7-5-12(6-8-13)9-22-25-16(27)10-21-18(28)24-15-4-2-3-14(19)17(15)20/h2-9H,10H2,1H3,(H,23,26)(H,25,27)(H2,21,24,28). The molecule has 0 aliphatic carbocycles. The second-order valence-electron chi connectivity index (χ2n) is 5.51. The minimum atomic E-state index is -0.614. The van der Waals surface area contributed by atoms with Gasteiger partial charge in [-0.25, -0.2) is 10.2 Å². The Bertz CT molecular complexity index is 901. The molecule has 4 amide bonds. The third-order valence-electron chi connectivity index (χ3n) is 3.24. The lowest BCUT2D eigenvalue weighted by molar-refractivity contribution is -0.120. The van der Waals surface area contributed by atoms with Crippen LogP contribution in [0.5, 0.6) is 0 Å². The number of hydrogen-bond donors (Lipinski definition) is 4.